The van der Waals surface area contributed by atoms with E-state index in [1.54, 1.807) is 13.1 Å². The smallest absolute Gasteiger partial charge is 0.269 e. The van der Waals surface area contributed by atoms with E-state index in [0.717, 1.165) is 5.57 Å². The molecule has 1 N–H and O–H groups in total. The number of hydrogen-bond donors (Lipinski definition) is 1. The van der Waals surface area contributed by atoms with Gasteiger partial charge in [0.15, 0.2) is 0 Å². The summed E-state index contributed by atoms with van der Waals surface area (Å²) in [6.45, 7) is 2.63. The summed E-state index contributed by atoms with van der Waals surface area (Å²) in [7, 11) is 1.60. The summed E-state index contributed by atoms with van der Waals surface area (Å²) in [6, 6.07) is 0. The first-order chi connectivity index (χ1) is 4.74. The molecule has 0 aliphatic carbocycles. The van der Waals surface area contributed by atoms with Gasteiger partial charge in [-0.25, -0.2) is 0 Å². The van der Waals surface area contributed by atoms with Gasteiger partial charge in [0, 0.05) is 7.05 Å². The van der Waals surface area contributed by atoms with E-state index in [-0.39, 0.29) is 5.91 Å². The van der Waals surface area contributed by atoms with Crippen molar-refractivity contribution in [2.75, 3.05) is 13.6 Å². The topological polar surface area (TPSA) is 41.5 Å². The van der Waals surface area contributed by atoms with Crippen LogP contribution in [0.3, 0.4) is 0 Å². The fourth-order valence-corrected chi connectivity index (χ4v) is 0.800. The number of nitrogens with one attached hydrogen (secondary N) is 1. The van der Waals surface area contributed by atoms with Crippen molar-refractivity contribution >= 4 is 11.6 Å². The molecule has 0 saturated heterocycles. The lowest BCUT2D eigenvalue weighted by molar-refractivity contribution is -0.114. The van der Waals surface area contributed by atoms with Gasteiger partial charge in [-0.3, -0.25) is 9.79 Å². The van der Waals surface area contributed by atoms with Crippen molar-refractivity contribution < 1.29 is 4.79 Å². The summed E-state index contributed by atoms with van der Waals surface area (Å²) in [6.07, 6.45) is 1.80. The Morgan fingerprint density at radius 1 is 1.80 bits per heavy atom. The maximum Gasteiger partial charge on any atom is 0.269 e. The molecule has 1 rings (SSSR count). The third-order valence-corrected chi connectivity index (χ3v) is 1.34. The predicted molar refractivity (Wildman–Crippen MR) is 40.1 cm³/mol. The Morgan fingerprint density at radius 2 is 2.50 bits per heavy atom. The molecule has 0 aromatic carbocycles. The van der Waals surface area contributed by atoms with Gasteiger partial charge in [-0.05, 0) is 18.6 Å². The maximum atomic E-state index is 10.9. The lowest BCUT2D eigenvalue weighted by atomic mass is 10.2. The highest BCUT2D eigenvalue weighted by atomic mass is 16.1. The van der Waals surface area contributed by atoms with Crippen LogP contribution in [0.1, 0.15) is 6.92 Å². The highest BCUT2D eigenvalue weighted by Crippen LogP contribution is 2.03. The summed E-state index contributed by atoms with van der Waals surface area (Å²) in [4.78, 5) is 14.9. The minimum Gasteiger partial charge on any atom is -0.354 e. The highest BCUT2D eigenvalue weighted by Gasteiger charge is 2.10. The Hall–Kier alpha value is -1.12. The molecule has 0 aromatic rings. The first-order valence-electron chi connectivity index (χ1n) is 3.17. The van der Waals surface area contributed by atoms with Crippen molar-refractivity contribution in [3.63, 3.8) is 0 Å². The number of aliphatic imine (C=N–C) groups is 1. The lowest BCUT2D eigenvalue weighted by Gasteiger charge is -1.92. The number of amides is 1. The summed E-state index contributed by atoms with van der Waals surface area (Å²) in [5, 5.41) is 2.51. The Labute approximate surface area is 59.8 Å². The average molecular weight is 138 g/mol. The number of carbonyl (C=O) groups excluding carboxylic acids is 1. The molecule has 1 heterocycles. The van der Waals surface area contributed by atoms with Crippen LogP contribution >= 0.6 is 0 Å². The summed E-state index contributed by atoms with van der Waals surface area (Å²) >= 11 is 0. The van der Waals surface area contributed by atoms with E-state index in [4.69, 9.17) is 0 Å². The molecule has 0 radical (unpaired) electrons. The maximum absolute atomic E-state index is 10.9. The molecule has 54 valence electrons. The van der Waals surface area contributed by atoms with Crippen LogP contribution in [0.25, 0.3) is 0 Å². The molecule has 0 spiro atoms. The zero-order valence-electron chi connectivity index (χ0n) is 6.14. The van der Waals surface area contributed by atoms with Gasteiger partial charge in [-0.1, -0.05) is 0 Å². The molecule has 3 heteroatoms. The van der Waals surface area contributed by atoms with Crippen LogP contribution in [-0.4, -0.2) is 25.2 Å². The quantitative estimate of drug-likeness (QED) is 0.550. The zero-order valence-corrected chi connectivity index (χ0v) is 6.14. The Balaban J connectivity index is 2.67. The van der Waals surface area contributed by atoms with E-state index in [1.165, 1.54) is 0 Å². The van der Waals surface area contributed by atoms with Crippen LogP contribution in [-0.2, 0) is 4.79 Å². The van der Waals surface area contributed by atoms with Crippen molar-refractivity contribution in [1.82, 2.24) is 5.32 Å². The molecule has 0 saturated carbocycles. The third kappa shape index (κ3) is 1.23. The van der Waals surface area contributed by atoms with Crippen LogP contribution in [0.2, 0.25) is 0 Å². The van der Waals surface area contributed by atoms with Gasteiger partial charge < -0.3 is 5.32 Å². The van der Waals surface area contributed by atoms with E-state index in [2.05, 4.69) is 10.3 Å². The Morgan fingerprint density at radius 3 is 2.90 bits per heavy atom. The molecular weight excluding hydrogens is 128 g/mol. The second kappa shape index (κ2) is 2.64. The van der Waals surface area contributed by atoms with Crippen LogP contribution in [0.4, 0.5) is 0 Å². The number of hydrogen-bond acceptors (Lipinski definition) is 2. The van der Waals surface area contributed by atoms with Crippen molar-refractivity contribution in [1.29, 1.82) is 0 Å². The first-order valence-corrected chi connectivity index (χ1v) is 3.17. The molecule has 0 atom stereocenters. The van der Waals surface area contributed by atoms with Gasteiger partial charge in [0.05, 0.1) is 6.54 Å². The van der Waals surface area contributed by atoms with Crippen LogP contribution in [0.15, 0.2) is 16.6 Å². The Bertz CT molecular complexity index is 216. The molecule has 0 aromatic heterocycles. The van der Waals surface area contributed by atoms with Gasteiger partial charge in [-0.15, -0.1) is 0 Å². The molecular formula is C7H10N2O. The van der Waals surface area contributed by atoms with E-state index < -0.39 is 0 Å². The second-order valence-corrected chi connectivity index (χ2v) is 2.27. The van der Waals surface area contributed by atoms with Gasteiger partial charge >= 0.3 is 0 Å². The van der Waals surface area contributed by atoms with Crippen LogP contribution in [0, 0.1) is 0 Å². The van der Waals surface area contributed by atoms with Gasteiger partial charge in [0.1, 0.15) is 5.71 Å². The van der Waals surface area contributed by atoms with Crippen LogP contribution in [0.5, 0.6) is 0 Å². The van der Waals surface area contributed by atoms with Gasteiger partial charge in [0.2, 0.25) is 0 Å². The fraction of sp³-hybridized carbons (Fsp3) is 0.429. The SMILES string of the molecule is CNC(=O)C1=NCC(C)=C1. The van der Waals surface area contributed by atoms with E-state index in [1.807, 2.05) is 6.92 Å². The number of nitrogens with zero attached hydrogens (tertiary/aromatic N) is 1. The number of carbonyl (C=O) groups is 1. The van der Waals surface area contributed by atoms with Crippen molar-refractivity contribution in [3.8, 4) is 0 Å². The Kier molecular flexibility index (Phi) is 1.85. The largest absolute Gasteiger partial charge is 0.354 e. The molecule has 3 nitrogen and oxygen atoms in total. The van der Waals surface area contributed by atoms with Crippen LogP contribution < -0.4 is 5.32 Å². The molecule has 0 bridgehead atoms. The van der Waals surface area contributed by atoms with Gasteiger partial charge in [-0.2, -0.15) is 0 Å². The van der Waals surface area contributed by atoms with Crippen molar-refractivity contribution in [2.24, 2.45) is 4.99 Å². The second-order valence-electron chi connectivity index (χ2n) is 2.27. The molecule has 0 unspecified atom stereocenters. The molecule has 0 fully saturated rings. The summed E-state index contributed by atoms with van der Waals surface area (Å²) < 4.78 is 0. The lowest BCUT2D eigenvalue weighted by Crippen LogP contribution is -2.25. The number of rotatable bonds is 1. The third-order valence-electron chi connectivity index (χ3n) is 1.34. The minimum absolute atomic E-state index is 0.100. The van der Waals surface area contributed by atoms with E-state index >= 15 is 0 Å². The zero-order chi connectivity index (χ0) is 7.56. The fourth-order valence-electron chi connectivity index (χ4n) is 0.800. The molecule has 1 aliphatic heterocycles. The van der Waals surface area contributed by atoms with Crippen molar-refractivity contribution in [2.45, 2.75) is 6.92 Å². The highest BCUT2D eigenvalue weighted by molar-refractivity contribution is 6.44. The molecule has 10 heavy (non-hydrogen) atoms. The summed E-state index contributed by atoms with van der Waals surface area (Å²) in [5.41, 5.74) is 1.68. The predicted octanol–water partition coefficient (Wildman–Crippen LogP) is 0.133. The summed E-state index contributed by atoms with van der Waals surface area (Å²) in [5.74, 6) is -0.100. The van der Waals surface area contributed by atoms with E-state index in [0.29, 0.717) is 12.3 Å². The van der Waals surface area contributed by atoms with Gasteiger partial charge in [0.25, 0.3) is 5.91 Å². The van der Waals surface area contributed by atoms with Crippen molar-refractivity contribution in [3.05, 3.63) is 11.6 Å². The minimum atomic E-state index is -0.100. The molecule has 1 aliphatic rings. The molecule has 1 amide bonds. The average Bonchev–Trinajstić information content (AvgIpc) is 2.34. The van der Waals surface area contributed by atoms with E-state index in [9.17, 15) is 4.79 Å². The monoisotopic (exact) mass is 138 g/mol. The standard InChI is InChI=1S/C7H10N2O/c1-5-3-6(9-4-5)7(10)8-2/h3H,4H2,1-2H3,(H,8,10). The first kappa shape index (κ1) is 6.99. The normalized spacial score (nSPS) is 16.2.